The molecule has 0 saturated heterocycles. The van der Waals surface area contributed by atoms with Crippen LogP contribution in [0.15, 0.2) is 60.7 Å². The van der Waals surface area contributed by atoms with Crippen molar-refractivity contribution in [2.45, 2.75) is 0 Å². The number of hydrazine groups is 1. The molecule has 4 rings (SSSR count). The first-order valence-electron chi connectivity index (χ1n) is 10.2. The minimum absolute atomic E-state index is 0.0893. The third-order valence-corrected chi connectivity index (χ3v) is 5.95. The van der Waals surface area contributed by atoms with Crippen molar-refractivity contribution in [2.75, 3.05) is 6.54 Å². The molecule has 1 aliphatic rings. The molecular formula is C23H12Cl2N4O8. The number of hydrogen-bond acceptors (Lipinski definition) is 8. The zero-order valence-electron chi connectivity index (χ0n) is 18.3. The van der Waals surface area contributed by atoms with E-state index >= 15 is 0 Å². The molecule has 1 aliphatic heterocycles. The third kappa shape index (κ3) is 4.50. The van der Waals surface area contributed by atoms with Crippen LogP contribution < -0.4 is 0 Å². The maximum absolute atomic E-state index is 13.6. The van der Waals surface area contributed by atoms with Gasteiger partial charge in [0.1, 0.15) is 17.7 Å². The first-order chi connectivity index (χ1) is 17.5. The quantitative estimate of drug-likeness (QED) is 0.184. The topological polar surface area (TPSA) is 161 Å². The number of hydrogen-bond donors (Lipinski definition) is 0. The summed E-state index contributed by atoms with van der Waals surface area (Å²) in [4.78, 5) is 74.5. The summed E-state index contributed by atoms with van der Waals surface area (Å²) in [6, 6.07) is 11.9. The maximum atomic E-state index is 13.6. The second kappa shape index (κ2) is 9.76. The number of imide groups is 1. The third-order valence-electron chi connectivity index (χ3n) is 5.40. The standard InChI is InChI=1S/C23H12Cl2N4O8/c24-12-8-9-13(16(25)10-12)19(30)11-26(21(31)14-4-1-2-6-17(14)28(34)35)27-22(32)15-5-3-7-18(29(36)37)20(15)23(27)33/h1-10H,11H2. The monoisotopic (exact) mass is 542 g/mol. The van der Waals surface area contributed by atoms with Crippen molar-refractivity contribution in [1.29, 1.82) is 0 Å². The summed E-state index contributed by atoms with van der Waals surface area (Å²) < 4.78 is 0. The van der Waals surface area contributed by atoms with Crippen LogP contribution >= 0.6 is 23.2 Å². The summed E-state index contributed by atoms with van der Waals surface area (Å²) in [6.45, 7) is -0.967. The van der Waals surface area contributed by atoms with Crippen molar-refractivity contribution in [1.82, 2.24) is 10.0 Å². The maximum Gasteiger partial charge on any atom is 0.287 e. The summed E-state index contributed by atoms with van der Waals surface area (Å²) >= 11 is 12.0. The SMILES string of the molecule is O=C(CN(C(=O)c1ccccc1[N+](=O)[O-])N1C(=O)c2cccc([N+](=O)[O-])c2C1=O)c1ccc(Cl)cc1Cl. The molecule has 0 aromatic heterocycles. The fourth-order valence-electron chi connectivity index (χ4n) is 3.75. The minimum atomic E-state index is -1.26. The molecule has 0 saturated carbocycles. The number of fused-ring (bicyclic) bond motifs is 1. The number of ketones is 1. The number of benzene rings is 3. The molecule has 0 bridgehead atoms. The molecule has 0 atom stereocenters. The summed E-state index contributed by atoms with van der Waals surface area (Å²) in [7, 11) is 0. The second-order valence-corrected chi connectivity index (χ2v) is 8.41. The molecule has 0 spiro atoms. The lowest BCUT2D eigenvalue weighted by Crippen LogP contribution is -2.51. The summed E-state index contributed by atoms with van der Waals surface area (Å²) in [5, 5.41) is 23.8. The Kier molecular flexibility index (Phi) is 6.70. The number of Topliss-reactive ketones (excluding diaryl/α,β-unsaturated/α-hetero) is 1. The van der Waals surface area contributed by atoms with E-state index in [1.165, 1.54) is 36.4 Å². The molecule has 0 aliphatic carbocycles. The van der Waals surface area contributed by atoms with Gasteiger partial charge in [-0.2, -0.15) is 5.01 Å². The minimum Gasteiger partial charge on any atom is -0.292 e. The molecule has 0 radical (unpaired) electrons. The Hall–Kier alpha value is -4.68. The van der Waals surface area contributed by atoms with E-state index < -0.39 is 62.4 Å². The van der Waals surface area contributed by atoms with Crippen LogP contribution in [0.1, 0.15) is 41.4 Å². The van der Waals surface area contributed by atoms with Gasteiger partial charge in [0.25, 0.3) is 29.1 Å². The molecule has 14 heteroatoms. The van der Waals surface area contributed by atoms with Crippen LogP contribution in [0.4, 0.5) is 11.4 Å². The number of carbonyl (C=O) groups excluding carboxylic acids is 4. The fraction of sp³-hybridized carbons (Fsp3) is 0.0435. The van der Waals surface area contributed by atoms with Crippen molar-refractivity contribution < 1.29 is 29.0 Å². The van der Waals surface area contributed by atoms with Crippen LogP contribution in [0.3, 0.4) is 0 Å². The molecule has 3 amide bonds. The number of para-hydroxylation sites is 1. The van der Waals surface area contributed by atoms with E-state index in [1.807, 2.05) is 0 Å². The fourth-order valence-corrected chi connectivity index (χ4v) is 4.26. The van der Waals surface area contributed by atoms with Crippen LogP contribution in [0.5, 0.6) is 0 Å². The number of nitro benzene ring substituents is 2. The highest BCUT2D eigenvalue weighted by molar-refractivity contribution is 6.37. The van der Waals surface area contributed by atoms with Crippen molar-refractivity contribution in [3.8, 4) is 0 Å². The van der Waals surface area contributed by atoms with Gasteiger partial charge in [-0.15, -0.1) is 0 Å². The van der Waals surface area contributed by atoms with Gasteiger partial charge in [-0.3, -0.25) is 39.4 Å². The summed E-state index contributed by atoms with van der Waals surface area (Å²) in [5.74, 6) is -4.48. The van der Waals surface area contributed by atoms with E-state index in [0.717, 1.165) is 24.3 Å². The van der Waals surface area contributed by atoms with Crippen molar-refractivity contribution in [3.63, 3.8) is 0 Å². The Labute approximate surface area is 216 Å². The first-order valence-corrected chi connectivity index (χ1v) is 11.0. The first kappa shape index (κ1) is 25.4. The van der Waals surface area contributed by atoms with Gasteiger partial charge in [0.05, 0.1) is 20.4 Å². The van der Waals surface area contributed by atoms with Crippen LogP contribution in [0, 0.1) is 20.2 Å². The van der Waals surface area contributed by atoms with Crippen molar-refractivity contribution in [3.05, 3.63) is 113 Å². The van der Waals surface area contributed by atoms with Gasteiger partial charge in [0.15, 0.2) is 5.78 Å². The van der Waals surface area contributed by atoms with Gasteiger partial charge < -0.3 is 0 Å². The van der Waals surface area contributed by atoms with Gasteiger partial charge >= 0.3 is 0 Å². The molecule has 186 valence electrons. The number of carbonyl (C=O) groups is 4. The lowest BCUT2D eigenvalue weighted by atomic mass is 10.1. The number of nitro groups is 2. The Morgan fingerprint density at radius 1 is 0.838 bits per heavy atom. The predicted molar refractivity (Wildman–Crippen MR) is 129 cm³/mol. The average Bonchev–Trinajstić information content (AvgIpc) is 3.11. The molecule has 37 heavy (non-hydrogen) atoms. The van der Waals surface area contributed by atoms with Crippen LogP contribution in [-0.2, 0) is 0 Å². The Bertz CT molecular complexity index is 1540. The smallest absolute Gasteiger partial charge is 0.287 e. The molecule has 3 aromatic rings. The van der Waals surface area contributed by atoms with E-state index in [-0.39, 0.29) is 26.2 Å². The number of halogens is 2. The zero-order chi connectivity index (χ0) is 27.0. The number of amides is 3. The number of nitrogens with zero attached hydrogens (tertiary/aromatic N) is 4. The zero-order valence-corrected chi connectivity index (χ0v) is 19.8. The predicted octanol–water partition coefficient (Wildman–Crippen LogP) is 4.35. The molecule has 0 unspecified atom stereocenters. The number of rotatable bonds is 7. The normalized spacial score (nSPS) is 12.3. The highest BCUT2D eigenvalue weighted by atomic mass is 35.5. The van der Waals surface area contributed by atoms with Crippen molar-refractivity contribution >= 4 is 58.1 Å². The highest BCUT2D eigenvalue weighted by Crippen LogP contribution is 2.33. The van der Waals surface area contributed by atoms with Gasteiger partial charge in [-0.05, 0) is 30.3 Å². The lowest BCUT2D eigenvalue weighted by Gasteiger charge is -2.29. The summed E-state index contributed by atoms with van der Waals surface area (Å²) in [5.41, 5.74) is -2.96. The van der Waals surface area contributed by atoms with E-state index in [0.29, 0.717) is 5.01 Å². The molecule has 0 fully saturated rings. The lowest BCUT2D eigenvalue weighted by molar-refractivity contribution is -0.385. The molecule has 0 N–H and O–H groups in total. The van der Waals surface area contributed by atoms with Crippen LogP contribution in [0.25, 0.3) is 0 Å². The largest absolute Gasteiger partial charge is 0.292 e. The Balaban J connectivity index is 1.84. The van der Waals surface area contributed by atoms with Gasteiger partial charge in [0.2, 0.25) is 0 Å². The van der Waals surface area contributed by atoms with Gasteiger partial charge in [0, 0.05) is 22.7 Å². The Morgan fingerprint density at radius 2 is 1.49 bits per heavy atom. The van der Waals surface area contributed by atoms with E-state index in [2.05, 4.69) is 0 Å². The van der Waals surface area contributed by atoms with E-state index in [4.69, 9.17) is 23.2 Å². The van der Waals surface area contributed by atoms with Crippen LogP contribution in [0.2, 0.25) is 10.0 Å². The molecule has 1 heterocycles. The van der Waals surface area contributed by atoms with E-state index in [1.54, 1.807) is 0 Å². The van der Waals surface area contributed by atoms with E-state index in [9.17, 15) is 39.4 Å². The van der Waals surface area contributed by atoms with Gasteiger partial charge in [-0.1, -0.05) is 41.4 Å². The molecule has 12 nitrogen and oxygen atoms in total. The molecule has 3 aromatic carbocycles. The average molecular weight is 543 g/mol. The second-order valence-electron chi connectivity index (χ2n) is 7.56. The summed E-state index contributed by atoms with van der Waals surface area (Å²) in [6.07, 6.45) is 0. The molecular weight excluding hydrogens is 531 g/mol. The Morgan fingerprint density at radius 3 is 2.14 bits per heavy atom. The highest BCUT2D eigenvalue weighted by Gasteiger charge is 2.46. The van der Waals surface area contributed by atoms with Crippen molar-refractivity contribution in [2.24, 2.45) is 0 Å². The van der Waals surface area contributed by atoms with Gasteiger partial charge in [-0.25, -0.2) is 5.01 Å². The van der Waals surface area contributed by atoms with Crippen LogP contribution in [-0.4, -0.2) is 49.9 Å².